The summed E-state index contributed by atoms with van der Waals surface area (Å²) in [6.45, 7) is 0.200. The first-order valence-corrected chi connectivity index (χ1v) is 6.23. The van der Waals surface area contributed by atoms with E-state index in [2.05, 4.69) is 0 Å². The molecule has 2 rings (SSSR count). The zero-order valence-corrected chi connectivity index (χ0v) is 11.1. The molecule has 0 radical (unpaired) electrons. The highest BCUT2D eigenvalue weighted by atomic mass is 35.5. The van der Waals surface area contributed by atoms with Gasteiger partial charge in [0.25, 0.3) is 0 Å². The molecule has 1 heterocycles. The van der Waals surface area contributed by atoms with Gasteiger partial charge >= 0.3 is 10.6 Å². The van der Waals surface area contributed by atoms with Crippen LogP contribution in [0.4, 0.5) is 0 Å². The van der Waals surface area contributed by atoms with E-state index in [1.54, 1.807) is 25.2 Å². The Morgan fingerprint density at radius 3 is 2.47 bits per heavy atom. The third-order valence-electron chi connectivity index (χ3n) is 2.26. The van der Waals surface area contributed by atoms with E-state index in [9.17, 15) is 9.59 Å². The zero-order chi connectivity index (χ0) is 12.6. The number of hydrogen-bond acceptors (Lipinski definition) is 3. The van der Waals surface area contributed by atoms with Gasteiger partial charge in [-0.3, -0.25) is 4.79 Å². The van der Waals surface area contributed by atoms with Crippen LogP contribution >= 0.6 is 34.7 Å². The van der Waals surface area contributed by atoms with Crippen molar-refractivity contribution in [1.29, 1.82) is 0 Å². The predicted molar refractivity (Wildman–Crippen MR) is 69.4 cm³/mol. The smallest absolute Gasteiger partial charge is 0.255 e. The molecule has 0 bridgehead atoms. The summed E-state index contributed by atoms with van der Waals surface area (Å²) in [5.41, 5.74) is 0.433. The van der Waals surface area contributed by atoms with Crippen LogP contribution in [0.5, 0.6) is 0 Å². The highest BCUT2D eigenvalue weighted by Crippen LogP contribution is 2.22. The summed E-state index contributed by atoms with van der Waals surface area (Å²) in [5.74, 6) is 0. The zero-order valence-electron chi connectivity index (χ0n) is 8.81. The lowest BCUT2D eigenvalue weighted by molar-refractivity contribution is 0.706. The summed E-state index contributed by atoms with van der Waals surface area (Å²) >= 11 is 12.5. The van der Waals surface area contributed by atoms with Crippen LogP contribution in [0.3, 0.4) is 0 Å². The summed E-state index contributed by atoms with van der Waals surface area (Å²) < 4.78 is 2.45. The molecule has 0 saturated carbocycles. The Labute approximate surface area is 111 Å². The van der Waals surface area contributed by atoms with Crippen molar-refractivity contribution in [2.24, 2.45) is 7.05 Å². The molecule has 4 nitrogen and oxygen atoms in total. The summed E-state index contributed by atoms with van der Waals surface area (Å²) in [7, 11) is 1.56. The van der Waals surface area contributed by atoms with Crippen molar-refractivity contribution in [3.05, 3.63) is 54.0 Å². The summed E-state index contributed by atoms with van der Waals surface area (Å²) in [4.78, 5) is 22.9. The predicted octanol–water partition coefficient (Wildman–Crippen LogP) is 1.96. The van der Waals surface area contributed by atoms with Crippen LogP contribution in [0.2, 0.25) is 10.0 Å². The van der Waals surface area contributed by atoms with E-state index in [-0.39, 0.29) is 17.1 Å². The van der Waals surface area contributed by atoms with Crippen molar-refractivity contribution in [3.8, 4) is 0 Å². The average Bonchev–Trinajstić information content (AvgIpc) is 2.50. The molecule has 1 aromatic carbocycles. The molecule has 0 saturated heterocycles. The first-order valence-electron chi connectivity index (χ1n) is 4.70. The Bertz CT molecular complexity index is 672. The fourth-order valence-electron chi connectivity index (χ4n) is 1.41. The minimum absolute atomic E-state index is 0.200. The van der Waals surface area contributed by atoms with Crippen LogP contribution in [0, 0.1) is 0 Å². The number of halogens is 2. The van der Waals surface area contributed by atoms with E-state index in [1.807, 2.05) is 0 Å². The van der Waals surface area contributed by atoms with Crippen molar-refractivity contribution in [1.82, 2.24) is 8.52 Å². The van der Waals surface area contributed by atoms with Gasteiger partial charge in [0.2, 0.25) is 0 Å². The highest BCUT2D eigenvalue weighted by Gasteiger charge is 2.08. The molecule has 0 aliphatic rings. The maximum absolute atomic E-state index is 11.6. The van der Waals surface area contributed by atoms with E-state index < -0.39 is 0 Å². The Hall–Kier alpha value is -1.04. The fourth-order valence-corrected chi connectivity index (χ4v) is 2.38. The Kier molecular flexibility index (Phi) is 3.42. The van der Waals surface area contributed by atoms with Crippen molar-refractivity contribution < 1.29 is 0 Å². The molecule has 0 fully saturated rings. The van der Waals surface area contributed by atoms with E-state index >= 15 is 0 Å². The Morgan fingerprint density at radius 1 is 1.24 bits per heavy atom. The second-order valence-corrected chi connectivity index (χ2v) is 5.37. The molecule has 0 aliphatic carbocycles. The van der Waals surface area contributed by atoms with Crippen molar-refractivity contribution in [2.45, 2.75) is 6.54 Å². The number of nitrogens with zero attached hydrogens (tertiary/aromatic N) is 2. The number of rotatable bonds is 2. The lowest BCUT2D eigenvalue weighted by Crippen LogP contribution is -2.28. The normalized spacial score (nSPS) is 10.8. The second kappa shape index (κ2) is 4.68. The van der Waals surface area contributed by atoms with E-state index in [1.165, 1.54) is 3.96 Å². The molecule has 0 aliphatic heterocycles. The largest absolute Gasteiger partial charge is 0.341 e. The molecule has 0 N–H and O–H groups in total. The van der Waals surface area contributed by atoms with Gasteiger partial charge < -0.3 is 0 Å². The van der Waals surface area contributed by atoms with Gasteiger partial charge in [0.1, 0.15) is 0 Å². The summed E-state index contributed by atoms with van der Waals surface area (Å²) in [5, 5.41) is 0.852. The minimum atomic E-state index is -0.328. The standard InChI is InChI=1S/C10H8Cl2N2O2S/c1-13-9(15)14(10(16)17-13)5-6-2-3-7(11)8(12)4-6/h2-4H,5H2,1H3. The summed E-state index contributed by atoms with van der Waals surface area (Å²) in [6.07, 6.45) is 0. The summed E-state index contributed by atoms with van der Waals surface area (Å²) in [6, 6.07) is 5.02. The van der Waals surface area contributed by atoms with Gasteiger partial charge in [0.05, 0.1) is 16.6 Å². The van der Waals surface area contributed by atoms with Crippen LogP contribution in [0.15, 0.2) is 27.8 Å². The Morgan fingerprint density at radius 2 is 1.94 bits per heavy atom. The van der Waals surface area contributed by atoms with Gasteiger partial charge in [-0.05, 0) is 17.7 Å². The molecule has 2 aromatic rings. The molecular formula is C10H8Cl2N2O2S. The van der Waals surface area contributed by atoms with Gasteiger partial charge in [-0.25, -0.2) is 13.3 Å². The lowest BCUT2D eigenvalue weighted by Gasteiger charge is -2.02. The third kappa shape index (κ3) is 2.46. The fraction of sp³-hybridized carbons (Fsp3) is 0.200. The number of hydrogen-bond donors (Lipinski definition) is 0. The van der Waals surface area contributed by atoms with Crippen molar-refractivity contribution in [2.75, 3.05) is 0 Å². The molecule has 90 valence electrons. The number of benzene rings is 1. The van der Waals surface area contributed by atoms with Gasteiger partial charge in [-0.15, -0.1) is 0 Å². The Balaban J connectivity index is 2.41. The van der Waals surface area contributed by atoms with Gasteiger partial charge in [-0.2, -0.15) is 0 Å². The molecule has 0 amide bonds. The number of aromatic nitrogens is 2. The van der Waals surface area contributed by atoms with E-state index in [0.29, 0.717) is 10.0 Å². The van der Waals surface area contributed by atoms with Crippen LogP contribution in [0.1, 0.15) is 5.56 Å². The third-order valence-corrected chi connectivity index (χ3v) is 3.81. The molecule has 7 heteroatoms. The first-order chi connectivity index (χ1) is 7.99. The van der Waals surface area contributed by atoms with Crippen molar-refractivity contribution in [3.63, 3.8) is 0 Å². The van der Waals surface area contributed by atoms with E-state index in [0.717, 1.165) is 21.7 Å². The van der Waals surface area contributed by atoms with Crippen LogP contribution in [-0.2, 0) is 13.6 Å². The second-order valence-electron chi connectivity index (χ2n) is 3.47. The van der Waals surface area contributed by atoms with E-state index in [4.69, 9.17) is 23.2 Å². The molecule has 17 heavy (non-hydrogen) atoms. The average molecular weight is 291 g/mol. The molecular weight excluding hydrogens is 283 g/mol. The molecule has 1 aromatic heterocycles. The molecule has 0 spiro atoms. The molecule has 0 atom stereocenters. The maximum atomic E-state index is 11.6. The van der Waals surface area contributed by atoms with Crippen LogP contribution in [-0.4, -0.2) is 8.52 Å². The lowest BCUT2D eigenvalue weighted by atomic mass is 10.2. The monoisotopic (exact) mass is 290 g/mol. The SMILES string of the molecule is Cn1sc(=O)n(Cc2ccc(Cl)c(Cl)c2)c1=O. The first kappa shape index (κ1) is 12.4. The van der Waals surface area contributed by atoms with Gasteiger partial charge in [-0.1, -0.05) is 29.3 Å². The topological polar surface area (TPSA) is 44.0 Å². The van der Waals surface area contributed by atoms with Gasteiger partial charge in [0, 0.05) is 18.6 Å². The molecule has 0 unspecified atom stereocenters. The van der Waals surface area contributed by atoms with Crippen molar-refractivity contribution >= 4 is 34.7 Å². The quantitative estimate of drug-likeness (QED) is 0.849. The van der Waals surface area contributed by atoms with Gasteiger partial charge in [0.15, 0.2) is 0 Å². The highest BCUT2D eigenvalue weighted by molar-refractivity contribution is 7.03. The number of aryl methyl sites for hydroxylation is 1. The maximum Gasteiger partial charge on any atom is 0.341 e. The van der Waals surface area contributed by atoms with Crippen LogP contribution < -0.4 is 10.6 Å². The minimum Gasteiger partial charge on any atom is -0.255 e. The van der Waals surface area contributed by atoms with Crippen LogP contribution in [0.25, 0.3) is 0 Å².